The van der Waals surface area contributed by atoms with Crippen molar-refractivity contribution in [2.75, 3.05) is 6.54 Å². The maximum Gasteiger partial charge on any atom is 0.220 e. The first-order valence-electron chi connectivity index (χ1n) is 9.81. The molecule has 1 atom stereocenters. The molecule has 3 heterocycles. The van der Waals surface area contributed by atoms with Crippen molar-refractivity contribution in [1.82, 2.24) is 29.7 Å². The molecule has 3 aromatic heterocycles. The molecule has 0 radical (unpaired) electrons. The summed E-state index contributed by atoms with van der Waals surface area (Å²) in [5, 5.41) is 20.9. The minimum absolute atomic E-state index is 0.0160. The molecule has 0 aliphatic heterocycles. The van der Waals surface area contributed by atoms with Gasteiger partial charge in [0.2, 0.25) is 5.91 Å². The van der Waals surface area contributed by atoms with E-state index in [0.29, 0.717) is 30.6 Å². The molecular weight excluding hydrogens is 366 g/mol. The highest BCUT2D eigenvalue weighted by Crippen LogP contribution is 2.18. The Hall–Kier alpha value is -3.21. The Morgan fingerprint density at radius 3 is 2.72 bits per heavy atom. The fraction of sp³-hybridized carbons (Fsp3) is 0.476. The zero-order chi connectivity index (χ0) is 21.1. The van der Waals surface area contributed by atoms with E-state index in [1.807, 2.05) is 32.4 Å². The number of hydrogen-bond donors (Lipinski definition) is 1. The fourth-order valence-electron chi connectivity index (χ4n) is 3.59. The van der Waals surface area contributed by atoms with E-state index in [4.69, 9.17) is 5.26 Å². The van der Waals surface area contributed by atoms with Gasteiger partial charge in [-0.25, -0.2) is 9.50 Å². The monoisotopic (exact) mass is 393 g/mol. The Kier molecular flexibility index (Phi) is 5.97. The van der Waals surface area contributed by atoms with Crippen molar-refractivity contribution in [3.05, 3.63) is 46.2 Å². The number of nitrogens with zero attached hydrogens (tertiary/aromatic N) is 6. The van der Waals surface area contributed by atoms with Gasteiger partial charge in [-0.15, -0.1) is 0 Å². The van der Waals surface area contributed by atoms with Crippen molar-refractivity contribution < 1.29 is 4.79 Å². The normalized spacial score (nSPS) is 12.1. The summed E-state index contributed by atoms with van der Waals surface area (Å²) in [5.74, 6) is 0.300. The molecule has 1 N–H and O–H groups in total. The van der Waals surface area contributed by atoms with Crippen LogP contribution in [0.3, 0.4) is 0 Å². The number of carbonyl (C=O) groups is 1. The maximum absolute atomic E-state index is 12.4. The number of amides is 1. The van der Waals surface area contributed by atoms with E-state index in [0.717, 1.165) is 34.9 Å². The number of aromatic nitrogens is 5. The van der Waals surface area contributed by atoms with E-state index < -0.39 is 0 Å². The molecule has 0 aromatic carbocycles. The molecule has 3 rings (SSSR count). The molecule has 1 unspecified atom stereocenters. The van der Waals surface area contributed by atoms with Crippen LogP contribution in [-0.4, -0.2) is 36.8 Å². The zero-order valence-electron chi connectivity index (χ0n) is 17.7. The van der Waals surface area contributed by atoms with Crippen molar-refractivity contribution in [3.63, 3.8) is 0 Å². The molecule has 0 bridgehead atoms. The first kappa shape index (κ1) is 20.5. The predicted molar refractivity (Wildman–Crippen MR) is 109 cm³/mol. The van der Waals surface area contributed by atoms with Gasteiger partial charge in [-0.1, -0.05) is 6.92 Å². The molecule has 8 heteroatoms. The van der Waals surface area contributed by atoms with Crippen LogP contribution in [0.5, 0.6) is 0 Å². The number of rotatable bonds is 7. The molecule has 29 heavy (non-hydrogen) atoms. The van der Waals surface area contributed by atoms with Crippen LogP contribution < -0.4 is 5.32 Å². The summed E-state index contributed by atoms with van der Waals surface area (Å²) in [6.45, 7) is 11.4. The van der Waals surface area contributed by atoms with Crippen LogP contribution in [0.15, 0.2) is 12.3 Å². The molecule has 1 amide bonds. The molecule has 0 spiro atoms. The lowest BCUT2D eigenvalue weighted by molar-refractivity contribution is -0.121. The van der Waals surface area contributed by atoms with Gasteiger partial charge in [-0.3, -0.25) is 9.48 Å². The lowest BCUT2D eigenvalue weighted by Gasteiger charge is -2.15. The predicted octanol–water partition coefficient (Wildman–Crippen LogP) is 2.42. The third kappa shape index (κ3) is 4.45. The topological polar surface area (TPSA) is 101 Å². The summed E-state index contributed by atoms with van der Waals surface area (Å²) >= 11 is 0. The number of fused-ring (bicyclic) bond motifs is 1. The van der Waals surface area contributed by atoms with Crippen molar-refractivity contribution in [3.8, 4) is 6.07 Å². The van der Waals surface area contributed by atoms with Gasteiger partial charge in [0.25, 0.3) is 0 Å². The Bertz CT molecular complexity index is 1090. The molecule has 0 aliphatic carbocycles. The highest BCUT2D eigenvalue weighted by atomic mass is 16.1. The Labute approximate surface area is 170 Å². The first-order valence-corrected chi connectivity index (χ1v) is 9.81. The van der Waals surface area contributed by atoms with Crippen LogP contribution in [0, 0.1) is 44.9 Å². The third-order valence-electron chi connectivity index (χ3n) is 5.17. The Morgan fingerprint density at radius 2 is 2.07 bits per heavy atom. The molecule has 0 fully saturated rings. The van der Waals surface area contributed by atoms with E-state index in [1.165, 1.54) is 6.20 Å². The quantitative estimate of drug-likeness (QED) is 0.664. The van der Waals surface area contributed by atoms with Crippen molar-refractivity contribution in [1.29, 1.82) is 5.26 Å². The first-order chi connectivity index (χ1) is 13.8. The van der Waals surface area contributed by atoms with E-state index >= 15 is 0 Å². The third-order valence-corrected chi connectivity index (χ3v) is 5.17. The van der Waals surface area contributed by atoms with Gasteiger partial charge in [-0.2, -0.15) is 15.5 Å². The van der Waals surface area contributed by atoms with E-state index in [9.17, 15) is 4.79 Å². The summed E-state index contributed by atoms with van der Waals surface area (Å²) < 4.78 is 3.66. The largest absolute Gasteiger partial charge is 0.356 e. The van der Waals surface area contributed by atoms with Crippen LogP contribution in [0.2, 0.25) is 0 Å². The molecule has 0 saturated carbocycles. The zero-order valence-corrected chi connectivity index (χ0v) is 17.7. The number of aryl methyl sites for hydroxylation is 4. The van der Waals surface area contributed by atoms with Crippen LogP contribution in [0.25, 0.3) is 5.65 Å². The molecule has 0 saturated heterocycles. The summed E-state index contributed by atoms with van der Waals surface area (Å²) in [4.78, 5) is 16.9. The molecule has 3 aromatic rings. The second-order valence-electron chi connectivity index (χ2n) is 7.69. The summed E-state index contributed by atoms with van der Waals surface area (Å²) in [6, 6.07) is 4.16. The average molecular weight is 393 g/mol. The van der Waals surface area contributed by atoms with E-state index in [-0.39, 0.29) is 11.8 Å². The molecule has 8 nitrogen and oxygen atoms in total. The van der Waals surface area contributed by atoms with Gasteiger partial charge in [0.05, 0.1) is 11.9 Å². The van der Waals surface area contributed by atoms with Crippen LogP contribution in [0.1, 0.15) is 47.2 Å². The second-order valence-corrected chi connectivity index (χ2v) is 7.69. The summed E-state index contributed by atoms with van der Waals surface area (Å²) in [7, 11) is 0. The van der Waals surface area contributed by atoms with E-state index in [2.05, 4.69) is 39.6 Å². The van der Waals surface area contributed by atoms with Crippen LogP contribution in [0.4, 0.5) is 0 Å². The summed E-state index contributed by atoms with van der Waals surface area (Å²) in [6.07, 6.45) is 2.49. The average Bonchev–Trinajstić information content (AvgIpc) is 3.22. The van der Waals surface area contributed by atoms with Gasteiger partial charge in [0.1, 0.15) is 11.6 Å². The second kappa shape index (κ2) is 8.43. The summed E-state index contributed by atoms with van der Waals surface area (Å²) in [5.41, 5.74) is 5.90. The smallest absolute Gasteiger partial charge is 0.220 e. The van der Waals surface area contributed by atoms with Crippen LogP contribution in [-0.2, 0) is 17.8 Å². The number of nitriles is 1. The van der Waals surface area contributed by atoms with Gasteiger partial charge in [0.15, 0.2) is 5.65 Å². The standard InChI is InChI=1S/C21H27N7O/c1-13(12-27-15(3)8-14(2)26-27)10-23-20(29)7-6-19-16(4)25-21-18(9-22)11-24-28(21)17(19)5/h8,11,13H,6-7,10,12H2,1-5H3,(H,23,29). The van der Waals surface area contributed by atoms with Crippen molar-refractivity contribution in [2.24, 2.45) is 5.92 Å². The number of carbonyl (C=O) groups excluding carboxylic acids is 1. The maximum atomic E-state index is 12.4. The molecular formula is C21H27N7O. The van der Waals surface area contributed by atoms with E-state index in [1.54, 1.807) is 4.52 Å². The lowest BCUT2D eigenvalue weighted by Crippen LogP contribution is -2.30. The fourth-order valence-corrected chi connectivity index (χ4v) is 3.59. The lowest BCUT2D eigenvalue weighted by atomic mass is 10.1. The molecule has 152 valence electrons. The highest BCUT2D eigenvalue weighted by molar-refractivity contribution is 5.76. The number of hydrogen-bond acceptors (Lipinski definition) is 5. The minimum atomic E-state index is 0.0160. The Morgan fingerprint density at radius 1 is 1.31 bits per heavy atom. The molecule has 0 aliphatic rings. The highest BCUT2D eigenvalue weighted by Gasteiger charge is 2.15. The minimum Gasteiger partial charge on any atom is -0.356 e. The van der Waals surface area contributed by atoms with Gasteiger partial charge in [-0.05, 0) is 51.7 Å². The number of nitrogens with one attached hydrogen (secondary N) is 1. The Balaban J connectivity index is 1.57. The van der Waals surface area contributed by atoms with Gasteiger partial charge < -0.3 is 5.32 Å². The van der Waals surface area contributed by atoms with Gasteiger partial charge in [0, 0.05) is 36.6 Å². The van der Waals surface area contributed by atoms with Gasteiger partial charge >= 0.3 is 0 Å². The van der Waals surface area contributed by atoms with Crippen LogP contribution >= 0.6 is 0 Å². The van der Waals surface area contributed by atoms with Crippen molar-refractivity contribution in [2.45, 2.75) is 54.0 Å². The SMILES string of the molecule is Cc1cc(C)n(CC(C)CNC(=O)CCc2c(C)nc3c(C#N)cnn3c2C)n1. The van der Waals surface area contributed by atoms with Crippen molar-refractivity contribution >= 4 is 11.6 Å².